The van der Waals surface area contributed by atoms with Crippen molar-refractivity contribution < 1.29 is 0 Å². The van der Waals surface area contributed by atoms with E-state index >= 15 is 0 Å². The molecular formula is C13H20N6. The van der Waals surface area contributed by atoms with Crippen LogP contribution in [0.4, 0.5) is 11.6 Å². The molecule has 0 radical (unpaired) electrons. The molecule has 19 heavy (non-hydrogen) atoms. The Balaban J connectivity index is 2.08. The molecule has 6 nitrogen and oxygen atoms in total. The fraction of sp³-hybridized carbons (Fsp3) is 0.462. The van der Waals surface area contributed by atoms with Gasteiger partial charge in [0.05, 0.1) is 5.69 Å². The lowest BCUT2D eigenvalue weighted by Crippen LogP contribution is -2.06. The van der Waals surface area contributed by atoms with Gasteiger partial charge in [-0.05, 0) is 20.8 Å². The second-order valence-corrected chi connectivity index (χ2v) is 4.48. The van der Waals surface area contributed by atoms with Crippen LogP contribution in [0.25, 0.3) is 0 Å². The highest BCUT2D eigenvalue weighted by atomic mass is 15.3. The average molecular weight is 260 g/mol. The standard InChI is InChI=1S/C13H20N6/c1-5-14-12-6-13(17-10(3)16-12)15-7-11-8-19(4)18-9(11)2/h6,8H,5,7H2,1-4H3,(H2,14,15,16,17). The van der Waals surface area contributed by atoms with Crippen LogP contribution in [0.5, 0.6) is 0 Å². The van der Waals surface area contributed by atoms with Crippen molar-refractivity contribution in [3.63, 3.8) is 0 Å². The van der Waals surface area contributed by atoms with Crippen molar-refractivity contribution in [2.45, 2.75) is 27.3 Å². The quantitative estimate of drug-likeness (QED) is 0.859. The molecule has 0 atom stereocenters. The van der Waals surface area contributed by atoms with Gasteiger partial charge in [0.1, 0.15) is 17.5 Å². The number of anilines is 2. The van der Waals surface area contributed by atoms with Crippen LogP contribution in [0, 0.1) is 13.8 Å². The Kier molecular flexibility index (Phi) is 3.99. The molecule has 2 N–H and O–H groups in total. The van der Waals surface area contributed by atoms with Gasteiger partial charge in [0.15, 0.2) is 0 Å². The van der Waals surface area contributed by atoms with Gasteiger partial charge in [-0.1, -0.05) is 0 Å². The lowest BCUT2D eigenvalue weighted by Gasteiger charge is -2.08. The predicted octanol–water partition coefficient (Wildman–Crippen LogP) is 1.87. The Bertz CT molecular complexity index is 560. The zero-order valence-corrected chi connectivity index (χ0v) is 11.9. The molecule has 2 heterocycles. The molecule has 102 valence electrons. The van der Waals surface area contributed by atoms with E-state index in [1.807, 2.05) is 44.8 Å². The molecule has 0 bridgehead atoms. The molecule has 2 rings (SSSR count). The van der Waals surface area contributed by atoms with Gasteiger partial charge in [-0.15, -0.1) is 0 Å². The third kappa shape index (κ3) is 3.43. The second kappa shape index (κ2) is 5.69. The van der Waals surface area contributed by atoms with E-state index in [2.05, 4.69) is 25.7 Å². The molecule has 0 saturated heterocycles. The average Bonchev–Trinajstić information content (AvgIpc) is 2.65. The minimum absolute atomic E-state index is 0.710. The predicted molar refractivity (Wildman–Crippen MR) is 76.2 cm³/mol. The zero-order valence-electron chi connectivity index (χ0n) is 11.9. The fourth-order valence-corrected chi connectivity index (χ4v) is 1.94. The first-order valence-electron chi connectivity index (χ1n) is 6.41. The molecule has 0 amide bonds. The Hall–Kier alpha value is -2.11. The van der Waals surface area contributed by atoms with Gasteiger partial charge in [-0.2, -0.15) is 5.10 Å². The molecule has 6 heteroatoms. The highest BCUT2D eigenvalue weighted by Gasteiger charge is 2.05. The van der Waals surface area contributed by atoms with Crippen molar-refractivity contribution in [1.82, 2.24) is 19.7 Å². The number of rotatable bonds is 5. The smallest absolute Gasteiger partial charge is 0.132 e. The Morgan fingerprint density at radius 3 is 2.42 bits per heavy atom. The van der Waals surface area contributed by atoms with E-state index in [0.29, 0.717) is 6.54 Å². The largest absolute Gasteiger partial charge is 0.370 e. The molecule has 0 aliphatic carbocycles. The molecule has 0 spiro atoms. The molecule has 0 aromatic carbocycles. The first-order valence-corrected chi connectivity index (χ1v) is 6.41. The number of hydrogen-bond donors (Lipinski definition) is 2. The molecule has 0 aliphatic heterocycles. The lowest BCUT2D eigenvalue weighted by molar-refractivity contribution is 0.756. The maximum atomic E-state index is 4.38. The third-order valence-corrected chi connectivity index (χ3v) is 2.77. The normalized spacial score (nSPS) is 10.5. The molecule has 2 aromatic rings. The number of aryl methyl sites for hydroxylation is 3. The maximum Gasteiger partial charge on any atom is 0.132 e. The minimum Gasteiger partial charge on any atom is -0.370 e. The summed E-state index contributed by atoms with van der Waals surface area (Å²) in [4.78, 5) is 8.70. The van der Waals surface area contributed by atoms with Crippen LogP contribution in [-0.2, 0) is 13.6 Å². The van der Waals surface area contributed by atoms with Crippen LogP contribution in [-0.4, -0.2) is 26.3 Å². The van der Waals surface area contributed by atoms with Crippen molar-refractivity contribution in [3.8, 4) is 0 Å². The van der Waals surface area contributed by atoms with E-state index in [0.717, 1.165) is 29.7 Å². The summed E-state index contributed by atoms with van der Waals surface area (Å²) < 4.78 is 1.82. The summed E-state index contributed by atoms with van der Waals surface area (Å²) in [5, 5.41) is 10.8. The summed E-state index contributed by atoms with van der Waals surface area (Å²) >= 11 is 0. The van der Waals surface area contributed by atoms with Gasteiger partial charge in [0, 0.05) is 38.0 Å². The monoisotopic (exact) mass is 260 g/mol. The van der Waals surface area contributed by atoms with Crippen LogP contribution in [0.3, 0.4) is 0 Å². The Morgan fingerprint density at radius 1 is 1.16 bits per heavy atom. The first kappa shape index (κ1) is 13.3. The van der Waals surface area contributed by atoms with E-state index in [9.17, 15) is 0 Å². The van der Waals surface area contributed by atoms with Crippen molar-refractivity contribution in [3.05, 3.63) is 29.3 Å². The second-order valence-electron chi connectivity index (χ2n) is 4.48. The highest BCUT2D eigenvalue weighted by Crippen LogP contribution is 2.13. The first-order chi connectivity index (χ1) is 9.08. The van der Waals surface area contributed by atoms with Crippen LogP contribution >= 0.6 is 0 Å². The van der Waals surface area contributed by atoms with Crippen molar-refractivity contribution in [1.29, 1.82) is 0 Å². The summed E-state index contributed by atoms with van der Waals surface area (Å²) in [5.41, 5.74) is 2.21. The third-order valence-electron chi connectivity index (χ3n) is 2.77. The zero-order chi connectivity index (χ0) is 13.8. The van der Waals surface area contributed by atoms with E-state index in [1.54, 1.807) is 0 Å². The van der Waals surface area contributed by atoms with Gasteiger partial charge in [0.2, 0.25) is 0 Å². The summed E-state index contributed by atoms with van der Waals surface area (Å²) in [7, 11) is 1.93. The van der Waals surface area contributed by atoms with E-state index < -0.39 is 0 Å². The van der Waals surface area contributed by atoms with Gasteiger partial charge in [-0.25, -0.2) is 9.97 Å². The van der Waals surface area contributed by atoms with E-state index in [4.69, 9.17) is 0 Å². The van der Waals surface area contributed by atoms with Gasteiger partial charge in [-0.3, -0.25) is 4.68 Å². The molecule has 0 fully saturated rings. The number of hydrogen-bond acceptors (Lipinski definition) is 5. The SMILES string of the molecule is CCNc1cc(NCc2cn(C)nc2C)nc(C)n1. The van der Waals surface area contributed by atoms with E-state index in [-0.39, 0.29) is 0 Å². The van der Waals surface area contributed by atoms with Crippen LogP contribution < -0.4 is 10.6 Å². The fourth-order valence-electron chi connectivity index (χ4n) is 1.94. The molecule has 0 saturated carbocycles. The molecule has 0 aliphatic rings. The van der Waals surface area contributed by atoms with Crippen molar-refractivity contribution >= 4 is 11.6 Å². The number of nitrogens with one attached hydrogen (secondary N) is 2. The van der Waals surface area contributed by atoms with Crippen LogP contribution in [0.1, 0.15) is 24.0 Å². The van der Waals surface area contributed by atoms with E-state index in [1.165, 1.54) is 5.56 Å². The summed E-state index contributed by atoms with van der Waals surface area (Å²) in [6.07, 6.45) is 2.02. The number of aromatic nitrogens is 4. The van der Waals surface area contributed by atoms with Crippen LogP contribution in [0.2, 0.25) is 0 Å². The summed E-state index contributed by atoms with van der Waals surface area (Å²) in [6.45, 7) is 7.50. The van der Waals surface area contributed by atoms with Crippen molar-refractivity contribution in [2.75, 3.05) is 17.2 Å². The van der Waals surface area contributed by atoms with Gasteiger partial charge >= 0.3 is 0 Å². The molecular weight excluding hydrogens is 240 g/mol. The number of nitrogens with zero attached hydrogens (tertiary/aromatic N) is 4. The summed E-state index contributed by atoms with van der Waals surface area (Å²) in [5.74, 6) is 2.43. The van der Waals surface area contributed by atoms with Gasteiger partial charge < -0.3 is 10.6 Å². The lowest BCUT2D eigenvalue weighted by atomic mass is 10.2. The minimum atomic E-state index is 0.710. The Morgan fingerprint density at radius 2 is 1.84 bits per heavy atom. The van der Waals surface area contributed by atoms with Crippen molar-refractivity contribution in [2.24, 2.45) is 7.05 Å². The Labute approximate surface area is 113 Å². The summed E-state index contributed by atoms with van der Waals surface area (Å²) in [6, 6.07) is 1.92. The molecule has 2 aromatic heterocycles. The van der Waals surface area contributed by atoms with Gasteiger partial charge in [0.25, 0.3) is 0 Å². The highest BCUT2D eigenvalue weighted by molar-refractivity contribution is 5.47. The van der Waals surface area contributed by atoms with Crippen LogP contribution in [0.15, 0.2) is 12.3 Å². The maximum absolute atomic E-state index is 4.38. The topological polar surface area (TPSA) is 67.7 Å². The molecule has 0 unspecified atom stereocenters.